The Morgan fingerprint density at radius 1 is 1.50 bits per heavy atom. The van der Waals surface area contributed by atoms with Crippen molar-refractivity contribution in [3.8, 4) is 0 Å². The summed E-state index contributed by atoms with van der Waals surface area (Å²) < 4.78 is -0.248. The lowest BCUT2D eigenvalue weighted by atomic mass is 10.2. The minimum Gasteiger partial charge on any atom is -0.364 e. The molecule has 6 nitrogen and oxygen atoms in total. The SMILES string of the molecule is O=[N+]([O-])C(/C(Cl)=C(/Cl)[ClH+])=C1\NCCN1Cc1ccc(Cl)nc1. The highest BCUT2D eigenvalue weighted by Crippen LogP contribution is 2.27. The molecule has 0 unspecified atom stereocenters. The summed E-state index contributed by atoms with van der Waals surface area (Å²) in [5.41, 5.74) is 0.527. The van der Waals surface area contributed by atoms with E-state index in [1.165, 1.54) is 0 Å². The van der Waals surface area contributed by atoms with Crippen LogP contribution in [-0.2, 0) is 6.54 Å². The van der Waals surface area contributed by atoms with Crippen LogP contribution < -0.4 is 5.32 Å². The number of nitrogens with zero attached hydrogens (tertiary/aromatic N) is 3. The van der Waals surface area contributed by atoms with Gasteiger partial charge in [-0.25, -0.2) is 4.98 Å². The number of pyridine rings is 1. The topological polar surface area (TPSA) is 71.3 Å². The molecule has 0 aromatic carbocycles. The van der Waals surface area contributed by atoms with Gasteiger partial charge in [0, 0.05) is 25.8 Å². The second-order valence-electron chi connectivity index (χ2n) is 4.38. The number of nitrogens with one attached hydrogen (secondary N) is 1. The molecular formula is C12H11Cl4N4O2+. The van der Waals surface area contributed by atoms with Crippen LogP contribution in [0.3, 0.4) is 0 Å². The Labute approximate surface area is 146 Å². The van der Waals surface area contributed by atoms with Gasteiger partial charge in [0.15, 0.2) is 17.4 Å². The zero-order valence-corrected chi connectivity index (χ0v) is 14.1. The van der Waals surface area contributed by atoms with E-state index in [-0.39, 0.29) is 21.0 Å². The van der Waals surface area contributed by atoms with Crippen LogP contribution in [0.15, 0.2) is 39.4 Å². The predicted molar refractivity (Wildman–Crippen MR) is 81.8 cm³/mol. The summed E-state index contributed by atoms with van der Waals surface area (Å²) in [6, 6.07) is 3.46. The van der Waals surface area contributed by atoms with Crippen molar-refractivity contribution in [2.75, 3.05) is 13.1 Å². The van der Waals surface area contributed by atoms with Crippen molar-refractivity contribution in [2.24, 2.45) is 0 Å². The highest BCUT2D eigenvalue weighted by molar-refractivity contribution is 6.39. The predicted octanol–water partition coefficient (Wildman–Crippen LogP) is 2.51. The first-order chi connectivity index (χ1) is 10.4. The van der Waals surface area contributed by atoms with Crippen LogP contribution in [0.1, 0.15) is 5.56 Å². The molecule has 0 atom stereocenters. The molecule has 2 heterocycles. The van der Waals surface area contributed by atoms with E-state index >= 15 is 0 Å². The maximum atomic E-state index is 11.3. The summed E-state index contributed by atoms with van der Waals surface area (Å²) in [7, 11) is 0. The van der Waals surface area contributed by atoms with Crippen molar-refractivity contribution >= 4 is 34.8 Å². The van der Waals surface area contributed by atoms with Crippen LogP contribution in [0.2, 0.25) is 5.15 Å². The van der Waals surface area contributed by atoms with Crippen molar-refractivity contribution in [2.45, 2.75) is 6.54 Å². The summed E-state index contributed by atoms with van der Waals surface area (Å²) in [6.45, 7) is 1.55. The second kappa shape index (κ2) is 7.37. The number of hydrogen-bond donors (Lipinski definition) is 1. The lowest BCUT2D eigenvalue weighted by Gasteiger charge is -2.18. The standard InChI is InChI=1S/C12H11Cl4N4O2/c13-8-2-1-7(5-18-8)6-19-4-3-17-12(19)10(20(21)22)9(14)11(15)16/h1-2,5,15,17H,3-4,6H2/q+1/b11-9-,12-10+. The summed E-state index contributed by atoms with van der Waals surface area (Å²) in [5.74, 6) is 0.285. The van der Waals surface area contributed by atoms with Crippen LogP contribution in [-0.4, -0.2) is 27.9 Å². The van der Waals surface area contributed by atoms with Crippen molar-refractivity contribution in [3.63, 3.8) is 0 Å². The van der Waals surface area contributed by atoms with Crippen LogP contribution in [0.5, 0.6) is 0 Å². The van der Waals surface area contributed by atoms with E-state index < -0.39 is 4.92 Å². The van der Waals surface area contributed by atoms with E-state index in [1.807, 2.05) is 0 Å². The molecule has 0 radical (unpaired) electrons. The number of hydrogen-bond acceptors (Lipinski definition) is 5. The van der Waals surface area contributed by atoms with E-state index in [0.717, 1.165) is 5.56 Å². The van der Waals surface area contributed by atoms with E-state index in [4.69, 9.17) is 46.4 Å². The number of nitro groups is 1. The zero-order valence-electron chi connectivity index (χ0n) is 11.1. The molecule has 0 aliphatic carbocycles. The van der Waals surface area contributed by atoms with E-state index in [0.29, 0.717) is 24.8 Å². The first-order valence-corrected chi connectivity index (χ1v) is 7.65. The fraction of sp³-hybridized carbons (Fsp3) is 0.250. The molecule has 10 heteroatoms. The number of allylic oxidation sites excluding steroid dienone is 1. The smallest absolute Gasteiger partial charge is 0.334 e. The Bertz CT molecular complexity index is 641. The van der Waals surface area contributed by atoms with Crippen molar-refractivity contribution < 1.29 is 16.5 Å². The molecule has 1 fully saturated rings. The van der Waals surface area contributed by atoms with E-state index in [2.05, 4.69) is 10.3 Å². The highest BCUT2D eigenvalue weighted by atomic mass is 35.5. The minimum atomic E-state index is -0.599. The normalized spacial score (nSPS) is 17.9. The summed E-state index contributed by atoms with van der Waals surface area (Å²) in [4.78, 5) is 16.5. The highest BCUT2D eigenvalue weighted by Gasteiger charge is 2.33. The molecule has 0 saturated carbocycles. The largest absolute Gasteiger partial charge is 0.364 e. The third-order valence-electron chi connectivity index (χ3n) is 2.94. The van der Waals surface area contributed by atoms with Crippen LogP contribution >= 0.6 is 34.8 Å². The van der Waals surface area contributed by atoms with Gasteiger partial charge in [0.05, 0.1) is 4.92 Å². The zero-order chi connectivity index (χ0) is 16.3. The van der Waals surface area contributed by atoms with Gasteiger partial charge in [-0.15, -0.1) is 0 Å². The van der Waals surface area contributed by atoms with Crippen LogP contribution in [0.25, 0.3) is 0 Å². The monoisotopic (exact) mass is 383 g/mol. The Hall–Kier alpha value is -1.21. The molecule has 1 N–H and O–H groups in total. The van der Waals surface area contributed by atoms with E-state index in [9.17, 15) is 10.1 Å². The van der Waals surface area contributed by atoms with Crippen molar-refractivity contribution in [3.05, 3.63) is 60.2 Å². The van der Waals surface area contributed by atoms with Gasteiger partial charge < -0.3 is 10.2 Å². The van der Waals surface area contributed by atoms with Gasteiger partial charge in [-0.1, -0.05) is 29.3 Å². The maximum absolute atomic E-state index is 11.3. The Balaban J connectivity index is 2.35. The molecule has 1 aromatic heterocycles. The Morgan fingerprint density at radius 2 is 2.23 bits per heavy atom. The molecule has 0 bridgehead atoms. The Morgan fingerprint density at radius 3 is 2.77 bits per heavy atom. The second-order valence-corrected chi connectivity index (χ2v) is 6.16. The van der Waals surface area contributed by atoms with E-state index in [1.54, 1.807) is 23.2 Å². The van der Waals surface area contributed by atoms with Gasteiger partial charge in [-0.05, 0) is 23.2 Å². The summed E-state index contributed by atoms with van der Waals surface area (Å²) in [5, 5.41) is 14.4. The van der Waals surface area contributed by atoms with Crippen molar-refractivity contribution in [1.29, 1.82) is 0 Å². The number of rotatable bonds is 4. The van der Waals surface area contributed by atoms with Gasteiger partial charge >= 0.3 is 10.2 Å². The van der Waals surface area contributed by atoms with Gasteiger partial charge in [0.1, 0.15) is 5.15 Å². The Kier molecular flexibility index (Phi) is 5.74. The first kappa shape index (κ1) is 17.1. The number of halogens is 4. The molecule has 0 spiro atoms. The summed E-state index contributed by atoms with van der Waals surface area (Å²) in [6.07, 6.45) is 1.61. The average molecular weight is 385 g/mol. The average Bonchev–Trinajstić information content (AvgIpc) is 2.89. The van der Waals surface area contributed by atoms with Gasteiger partial charge in [0.25, 0.3) is 0 Å². The lowest BCUT2D eigenvalue weighted by Crippen LogP contribution is -2.24. The third kappa shape index (κ3) is 3.95. The molecule has 118 valence electrons. The molecule has 1 aromatic rings. The minimum absolute atomic E-state index is 0.248. The lowest BCUT2D eigenvalue weighted by molar-refractivity contribution is -0.423. The van der Waals surface area contributed by atoms with Crippen molar-refractivity contribution in [1.82, 2.24) is 15.2 Å². The van der Waals surface area contributed by atoms with Gasteiger partial charge in [0.2, 0.25) is 5.03 Å². The maximum Gasteiger partial charge on any atom is 0.334 e. The molecule has 0 amide bonds. The fourth-order valence-electron chi connectivity index (χ4n) is 2.01. The number of aromatic nitrogens is 1. The van der Waals surface area contributed by atoms with Crippen LogP contribution in [0, 0.1) is 21.7 Å². The summed E-state index contributed by atoms with van der Waals surface area (Å²) >= 11 is 22.0. The molecular weight excluding hydrogens is 374 g/mol. The first-order valence-electron chi connectivity index (χ1n) is 6.10. The van der Waals surface area contributed by atoms with Crippen LogP contribution in [0.4, 0.5) is 0 Å². The van der Waals surface area contributed by atoms with Gasteiger partial charge in [-0.3, -0.25) is 10.1 Å². The molecule has 1 aliphatic heterocycles. The molecule has 1 aliphatic rings. The third-order valence-corrected chi connectivity index (χ3v) is 4.13. The quantitative estimate of drug-likeness (QED) is 0.490. The molecule has 2 rings (SSSR count). The fourth-order valence-corrected chi connectivity index (χ4v) is 2.46. The van der Waals surface area contributed by atoms with Gasteiger partial charge in [-0.2, -0.15) is 0 Å². The molecule has 22 heavy (non-hydrogen) atoms. The molecule has 1 saturated heterocycles.